The first-order valence-electron chi connectivity index (χ1n) is 10.4. The van der Waals surface area contributed by atoms with Crippen LogP contribution in [0, 0.1) is 0 Å². The van der Waals surface area contributed by atoms with E-state index in [4.69, 9.17) is 0 Å². The lowest BCUT2D eigenvalue weighted by Crippen LogP contribution is -1.91. The SMILES string of the molecule is CCCCCCCCCCP(=O)(I)CCCCCCCCCC. The molecule has 0 spiro atoms. The first-order valence-corrected chi connectivity index (χ1v) is 15.3. The molecule has 3 heteroatoms. The van der Waals surface area contributed by atoms with Crippen molar-refractivity contribution in [2.24, 2.45) is 0 Å². The average molecular weight is 456 g/mol. The molecular formula is C20H42IOP. The van der Waals surface area contributed by atoms with Crippen LogP contribution in [0.1, 0.15) is 117 Å². The van der Waals surface area contributed by atoms with Crippen molar-refractivity contribution < 1.29 is 4.57 Å². The Labute approximate surface area is 160 Å². The van der Waals surface area contributed by atoms with Gasteiger partial charge >= 0.3 is 0 Å². The molecule has 0 N–H and O–H groups in total. The number of halogens is 1. The van der Waals surface area contributed by atoms with E-state index in [9.17, 15) is 4.57 Å². The standard InChI is InChI=1S/C20H42IOP/c1-3-5-7-9-11-13-15-17-19-23(21,22)20-18-16-14-12-10-8-6-4-2/h3-20H2,1-2H3. The smallest absolute Gasteiger partial charge is 0.143 e. The summed E-state index contributed by atoms with van der Waals surface area (Å²) < 4.78 is 12.5. The van der Waals surface area contributed by atoms with Crippen molar-refractivity contribution in [1.82, 2.24) is 0 Å². The van der Waals surface area contributed by atoms with Gasteiger partial charge in [-0.05, 0) is 34.9 Å². The number of rotatable bonds is 18. The maximum atomic E-state index is 12.5. The maximum absolute atomic E-state index is 12.5. The summed E-state index contributed by atoms with van der Waals surface area (Å²) in [5, 5.41) is 0. The highest BCUT2D eigenvalue weighted by atomic mass is 127. The molecule has 0 rings (SSSR count). The Kier molecular flexibility index (Phi) is 18.5. The second-order valence-electron chi connectivity index (χ2n) is 7.19. The van der Waals surface area contributed by atoms with Crippen molar-refractivity contribution in [3.63, 3.8) is 0 Å². The van der Waals surface area contributed by atoms with Gasteiger partial charge in [0.15, 0.2) is 0 Å². The van der Waals surface area contributed by atoms with Gasteiger partial charge in [-0.15, -0.1) is 0 Å². The topological polar surface area (TPSA) is 17.1 Å². The normalized spacial score (nSPS) is 12.0. The summed E-state index contributed by atoms with van der Waals surface area (Å²) in [7, 11) is 0. The van der Waals surface area contributed by atoms with E-state index in [2.05, 4.69) is 35.9 Å². The van der Waals surface area contributed by atoms with Gasteiger partial charge in [0, 0.05) is 12.3 Å². The molecule has 23 heavy (non-hydrogen) atoms. The molecule has 0 bridgehead atoms. The van der Waals surface area contributed by atoms with Gasteiger partial charge in [-0.1, -0.05) is 104 Å². The van der Waals surface area contributed by atoms with Gasteiger partial charge in [0.2, 0.25) is 0 Å². The minimum atomic E-state index is -1.85. The van der Waals surface area contributed by atoms with Crippen LogP contribution >= 0.6 is 26.8 Å². The van der Waals surface area contributed by atoms with E-state index >= 15 is 0 Å². The van der Waals surface area contributed by atoms with Crippen LogP contribution in [0.5, 0.6) is 0 Å². The van der Waals surface area contributed by atoms with Gasteiger partial charge in [0.1, 0.15) is 4.78 Å². The van der Waals surface area contributed by atoms with Crippen LogP contribution < -0.4 is 0 Å². The summed E-state index contributed by atoms with van der Waals surface area (Å²) in [6.45, 7) is 4.54. The zero-order chi connectivity index (χ0) is 17.2. The quantitative estimate of drug-likeness (QED) is 0.114. The molecule has 0 saturated heterocycles. The van der Waals surface area contributed by atoms with Crippen molar-refractivity contribution in [2.45, 2.75) is 117 Å². The summed E-state index contributed by atoms with van der Waals surface area (Å²) >= 11 is 2.29. The van der Waals surface area contributed by atoms with E-state index in [0.717, 1.165) is 12.3 Å². The molecule has 0 amide bonds. The van der Waals surface area contributed by atoms with Gasteiger partial charge in [-0.25, -0.2) is 0 Å². The molecule has 0 saturated carbocycles. The molecule has 140 valence electrons. The largest absolute Gasteiger partial charge is 0.313 e. The van der Waals surface area contributed by atoms with Crippen molar-refractivity contribution in [2.75, 3.05) is 12.3 Å². The van der Waals surface area contributed by atoms with Crippen LogP contribution in [-0.2, 0) is 4.57 Å². The Morgan fingerprint density at radius 1 is 0.522 bits per heavy atom. The van der Waals surface area contributed by atoms with Crippen LogP contribution in [0.25, 0.3) is 0 Å². The first kappa shape index (κ1) is 24.0. The third-order valence-corrected chi connectivity index (χ3v) is 9.55. The van der Waals surface area contributed by atoms with Crippen molar-refractivity contribution in [3.8, 4) is 0 Å². The number of hydrogen-bond acceptors (Lipinski definition) is 1. The molecule has 0 aliphatic rings. The van der Waals surface area contributed by atoms with Crippen molar-refractivity contribution in [3.05, 3.63) is 0 Å². The highest BCUT2D eigenvalue weighted by Gasteiger charge is 2.16. The van der Waals surface area contributed by atoms with E-state index in [-0.39, 0.29) is 0 Å². The Hall–Kier alpha value is 0.960. The third-order valence-electron chi connectivity index (χ3n) is 4.69. The zero-order valence-corrected chi connectivity index (χ0v) is 19.0. The molecule has 0 unspecified atom stereocenters. The molecule has 0 heterocycles. The Morgan fingerprint density at radius 2 is 0.783 bits per heavy atom. The van der Waals surface area contributed by atoms with Crippen LogP contribution in [0.2, 0.25) is 0 Å². The van der Waals surface area contributed by atoms with Crippen LogP contribution in [0.3, 0.4) is 0 Å². The zero-order valence-electron chi connectivity index (χ0n) is 16.0. The Balaban J connectivity index is 3.35. The average Bonchev–Trinajstić information content (AvgIpc) is 2.52. The molecule has 0 fully saturated rings. The van der Waals surface area contributed by atoms with Gasteiger partial charge < -0.3 is 4.57 Å². The van der Waals surface area contributed by atoms with Gasteiger partial charge in [0.05, 0.1) is 0 Å². The third kappa shape index (κ3) is 19.1. The molecule has 0 aliphatic carbocycles. The summed E-state index contributed by atoms with van der Waals surface area (Å²) in [6.07, 6.45) is 23.4. The van der Waals surface area contributed by atoms with Crippen LogP contribution in [0.4, 0.5) is 0 Å². The summed E-state index contributed by atoms with van der Waals surface area (Å²) in [6, 6.07) is 0. The molecule has 0 atom stereocenters. The van der Waals surface area contributed by atoms with Crippen molar-refractivity contribution in [1.29, 1.82) is 0 Å². The minimum absolute atomic E-state index is 0.985. The molecule has 1 nitrogen and oxygen atoms in total. The monoisotopic (exact) mass is 456 g/mol. The molecule has 0 radical (unpaired) electrons. The minimum Gasteiger partial charge on any atom is -0.313 e. The summed E-state index contributed by atoms with van der Waals surface area (Å²) in [5.74, 6) is 0. The van der Waals surface area contributed by atoms with E-state index in [1.807, 2.05) is 0 Å². The van der Waals surface area contributed by atoms with E-state index in [1.54, 1.807) is 0 Å². The Bertz CT molecular complexity index is 257. The van der Waals surface area contributed by atoms with Crippen molar-refractivity contribution >= 4 is 26.8 Å². The lowest BCUT2D eigenvalue weighted by molar-refractivity contribution is 0.565. The van der Waals surface area contributed by atoms with Gasteiger partial charge in [-0.3, -0.25) is 0 Å². The molecule has 0 aromatic carbocycles. The molecular weight excluding hydrogens is 414 g/mol. The van der Waals surface area contributed by atoms with Gasteiger partial charge in [0.25, 0.3) is 0 Å². The predicted molar refractivity (Wildman–Crippen MR) is 117 cm³/mol. The Morgan fingerprint density at radius 3 is 1.09 bits per heavy atom. The second kappa shape index (κ2) is 17.8. The predicted octanol–water partition coefficient (Wildman–Crippen LogP) is 8.98. The molecule has 0 aromatic rings. The fourth-order valence-electron chi connectivity index (χ4n) is 3.08. The van der Waals surface area contributed by atoms with Crippen LogP contribution in [-0.4, -0.2) is 12.3 Å². The van der Waals surface area contributed by atoms with E-state index in [0.29, 0.717) is 0 Å². The lowest BCUT2D eigenvalue weighted by Gasteiger charge is -2.11. The fraction of sp³-hybridized carbons (Fsp3) is 1.00. The van der Waals surface area contributed by atoms with E-state index in [1.165, 1.54) is 103 Å². The highest BCUT2D eigenvalue weighted by molar-refractivity contribution is 14.2. The van der Waals surface area contributed by atoms with E-state index < -0.39 is 4.78 Å². The lowest BCUT2D eigenvalue weighted by atomic mass is 10.1. The fourth-order valence-corrected chi connectivity index (χ4v) is 6.74. The summed E-state index contributed by atoms with van der Waals surface area (Å²) in [5.41, 5.74) is 0. The van der Waals surface area contributed by atoms with Crippen LogP contribution in [0.15, 0.2) is 0 Å². The summed E-state index contributed by atoms with van der Waals surface area (Å²) in [4.78, 5) is -1.85. The maximum Gasteiger partial charge on any atom is 0.143 e. The van der Waals surface area contributed by atoms with Gasteiger partial charge in [-0.2, -0.15) is 0 Å². The molecule has 0 aromatic heterocycles. The number of unbranched alkanes of at least 4 members (excludes halogenated alkanes) is 14. The number of hydrogen-bond donors (Lipinski definition) is 0. The molecule has 0 aliphatic heterocycles. The second-order valence-corrected chi connectivity index (χ2v) is 14.9. The highest BCUT2D eigenvalue weighted by Crippen LogP contribution is 2.55. The first-order chi connectivity index (χ1) is 11.1.